The molecule has 0 fully saturated rings. The lowest BCUT2D eigenvalue weighted by Crippen LogP contribution is -2.08. The van der Waals surface area contributed by atoms with Crippen molar-refractivity contribution in [2.45, 2.75) is 6.42 Å². The van der Waals surface area contributed by atoms with Crippen LogP contribution in [0, 0.1) is 10.1 Å². The first kappa shape index (κ1) is 13.4. The van der Waals surface area contributed by atoms with E-state index in [1.54, 1.807) is 5.51 Å². The predicted octanol–water partition coefficient (Wildman–Crippen LogP) is 3.25. The number of hydrogen-bond donors (Lipinski definition) is 1. The van der Waals surface area contributed by atoms with Gasteiger partial charge in [0.25, 0.3) is 0 Å². The first-order valence-corrected chi connectivity index (χ1v) is 7.33. The molecule has 21 heavy (non-hydrogen) atoms. The second-order valence-corrected chi connectivity index (χ2v) is 5.17. The molecule has 106 valence electrons. The number of rotatable bonds is 5. The van der Waals surface area contributed by atoms with Crippen LogP contribution in [0.2, 0.25) is 0 Å². The molecule has 0 aliphatic carbocycles. The molecule has 7 heteroatoms. The molecule has 3 rings (SSSR count). The maximum Gasteiger partial charge on any atom is 0.311 e. The minimum atomic E-state index is -0.412. The molecule has 2 aromatic heterocycles. The van der Waals surface area contributed by atoms with Crippen molar-refractivity contribution < 1.29 is 4.92 Å². The molecule has 0 aliphatic rings. The average Bonchev–Trinajstić information content (AvgIpc) is 3.00. The zero-order valence-electron chi connectivity index (χ0n) is 11.0. The van der Waals surface area contributed by atoms with Gasteiger partial charge in [-0.25, -0.2) is 9.97 Å². The van der Waals surface area contributed by atoms with E-state index in [-0.39, 0.29) is 5.69 Å². The highest BCUT2D eigenvalue weighted by atomic mass is 32.1. The van der Waals surface area contributed by atoms with Crippen molar-refractivity contribution in [1.82, 2.24) is 9.97 Å². The minimum Gasteiger partial charge on any atom is -0.378 e. The fraction of sp³-hybridized carbons (Fsp3) is 0.143. The summed E-state index contributed by atoms with van der Waals surface area (Å²) in [6.07, 6.45) is 2.02. The summed E-state index contributed by atoms with van der Waals surface area (Å²) >= 11 is 1.54. The standard InChI is InChI=1S/C14H12N4O2S/c19-18(20)13-7-16-12-4-2-1-3-11(12)14(13)15-6-5-10-8-21-9-17-10/h1-4,7-9H,5-6H2,(H,15,16). The first-order valence-electron chi connectivity index (χ1n) is 6.39. The van der Waals surface area contributed by atoms with Gasteiger partial charge in [0.1, 0.15) is 11.9 Å². The van der Waals surface area contributed by atoms with Crippen molar-refractivity contribution in [2.24, 2.45) is 0 Å². The molecule has 0 amide bonds. The number of aromatic nitrogens is 2. The molecule has 6 nitrogen and oxygen atoms in total. The van der Waals surface area contributed by atoms with E-state index in [9.17, 15) is 10.1 Å². The fourth-order valence-corrected chi connectivity index (χ4v) is 2.72. The number of anilines is 1. The highest BCUT2D eigenvalue weighted by Gasteiger charge is 2.17. The van der Waals surface area contributed by atoms with E-state index in [0.29, 0.717) is 12.2 Å². The van der Waals surface area contributed by atoms with Crippen molar-refractivity contribution in [3.05, 3.63) is 57.2 Å². The van der Waals surface area contributed by atoms with E-state index in [1.165, 1.54) is 17.5 Å². The largest absolute Gasteiger partial charge is 0.378 e. The number of benzene rings is 1. The van der Waals surface area contributed by atoms with Crippen molar-refractivity contribution in [2.75, 3.05) is 11.9 Å². The molecule has 0 spiro atoms. The Morgan fingerprint density at radius 1 is 1.29 bits per heavy atom. The predicted molar refractivity (Wildman–Crippen MR) is 82.7 cm³/mol. The molecule has 0 bridgehead atoms. The quantitative estimate of drug-likeness (QED) is 0.578. The monoisotopic (exact) mass is 300 g/mol. The molecule has 0 aliphatic heterocycles. The Balaban J connectivity index is 1.90. The van der Waals surface area contributed by atoms with Crippen molar-refractivity contribution >= 4 is 33.6 Å². The van der Waals surface area contributed by atoms with Gasteiger partial charge in [-0.2, -0.15) is 0 Å². The number of nitrogens with one attached hydrogen (secondary N) is 1. The van der Waals surface area contributed by atoms with Crippen molar-refractivity contribution in [3.8, 4) is 0 Å². The number of hydrogen-bond acceptors (Lipinski definition) is 6. The minimum absolute atomic E-state index is 0.00743. The number of para-hydroxylation sites is 1. The topological polar surface area (TPSA) is 81.0 Å². The van der Waals surface area contributed by atoms with Gasteiger partial charge in [-0.3, -0.25) is 10.1 Å². The molecule has 0 atom stereocenters. The molecule has 0 saturated heterocycles. The zero-order chi connectivity index (χ0) is 14.7. The van der Waals surface area contributed by atoms with Gasteiger partial charge in [-0.05, 0) is 6.07 Å². The summed E-state index contributed by atoms with van der Waals surface area (Å²) < 4.78 is 0. The maximum atomic E-state index is 11.2. The highest BCUT2D eigenvalue weighted by Crippen LogP contribution is 2.31. The molecular formula is C14H12N4O2S. The fourth-order valence-electron chi connectivity index (χ4n) is 2.13. The van der Waals surface area contributed by atoms with E-state index in [1.807, 2.05) is 29.6 Å². The molecule has 0 saturated carbocycles. The Bertz CT molecular complexity index is 774. The Labute approximate surface area is 124 Å². The van der Waals surface area contributed by atoms with Gasteiger partial charge in [0.15, 0.2) is 0 Å². The third-order valence-electron chi connectivity index (χ3n) is 3.12. The van der Waals surface area contributed by atoms with Gasteiger partial charge < -0.3 is 5.32 Å². The van der Waals surface area contributed by atoms with Crippen LogP contribution in [0.1, 0.15) is 5.69 Å². The number of thiazole rings is 1. The van der Waals surface area contributed by atoms with E-state index < -0.39 is 4.92 Å². The number of fused-ring (bicyclic) bond motifs is 1. The molecule has 1 N–H and O–H groups in total. The molecule has 0 radical (unpaired) electrons. The molecular weight excluding hydrogens is 288 g/mol. The summed E-state index contributed by atoms with van der Waals surface area (Å²) in [5.41, 5.74) is 4.00. The number of nitrogens with zero attached hydrogens (tertiary/aromatic N) is 3. The maximum absolute atomic E-state index is 11.2. The summed E-state index contributed by atoms with van der Waals surface area (Å²) in [5, 5.41) is 17.1. The number of pyridine rings is 1. The lowest BCUT2D eigenvalue weighted by atomic mass is 10.1. The summed E-state index contributed by atoms with van der Waals surface area (Å²) in [4.78, 5) is 19.1. The Morgan fingerprint density at radius 3 is 2.90 bits per heavy atom. The van der Waals surface area contributed by atoms with Crippen LogP contribution in [-0.2, 0) is 6.42 Å². The first-order chi connectivity index (χ1) is 10.3. The van der Waals surface area contributed by atoms with Crippen LogP contribution in [-0.4, -0.2) is 21.4 Å². The SMILES string of the molecule is O=[N+]([O-])c1cnc2ccccc2c1NCCc1cscn1. The summed E-state index contributed by atoms with van der Waals surface area (Å²) in [7, 11) is 0. The normalized spacial score (nSPS) is 10.7. The van der Waals surface area contributed by atoms with Gasteiger partial charge in [0.05, 0.1) is 21.6 Å². The molecule has 1 aromatic carbocycles. The van der Waals surface area contributed by atoms with Gasteiger partial charge in [0.2, 0.25) is 0 Å². The van der Waals surface area contributed by atoms with Crippen LogP contribution in [0.5, 0.6) is 0 Å². The van der Waals surface area contributed by atoms with Gasteiger partial charge in [-0.1, -0.05) is 18.2 Å². The zero-order valence-corrected chi connectivity index (χ0v) is 11.8. The second kappa shape index (κ2) is 5.84. The van der Waals surface area contributed by atoms with E-state index in [2.05, 4.69) is 15.3 Å². The Hall–Kier alpha value is -2.54. The van der Waals surface area contributed by atoms with Crippen LogP contribution in [0.4, 0.5) is 11.4 Å². The van der Waals surface area contributed by atoms with E-state index in [4.69, 9.17) is 0 Å². The second-order valence-electron chi connectivity index (χ2n) is 4.45. The van der Waals surface area contributed by atoms with Gasteiger partial charge >= 0.3 is 5.69 Å². The summed E-state index contributed by atoms with van der Waals surface area (Å²) in [6, 6.07) is 7.38. The smallest absolute Gasteiger partial charge is 0.311 e. The summed E-state index contributed by atoms with van der Waals surface area (Å²) in [5.74, 6) is 0. The molecule has 0 unspecified atom stereocenters. The van der Waals surface area contributed by atoms with Crippen LogP contribution in [0.15, 0.2) is 41.4 Å². The van der Waals surface area contributed by atoms with E-state index in [0.717, 1.165) is 23.0 Å². The third-order valence-corrected chi connectivity index (χ3v) is 3.75. The van der Waals surface area contributed by atoms with Gasteiger partial charge in [-0.15, -0.1) is 11.3 Å². The Morgan fingerprint density at radius 2 is 2.14 bits per heavy atom. The molecule has 3 aromatic rings. The van der Waals surface area contributed by atoms with Crippen molar-refractivity contribution in [1.29, 1.82) is 0 Å². The van der Waals surface area contributed by atoms with Gasteiger partial charge in [0, 0.05) is 23.7 Å². The van der Waals surface area contributed by atoms with Crippen LogP contribution in [0.3, 0.4) is 0 Å². The average molecular weight is 300 g/mol. The van der Waals surface area contributed by atoms with Crippen LogP contribution in [0.25, 0.3) is 10.9 Å². The third kappa shape index (κ3) is 2.82. The number of nitro groups is 1. The highest BCUT2D eigenvalue weighted by molar-refractivity contribution is 7.07. The Kier molecular flexibility index (Phi) is 3.74. The van der Waals surface area contributed by atoms with Crippen LogP contribution < -0.4 is 5.32 Å². The van der Waals surface area contributed by atoms with Crippen molar-refractivity contribution in [3.63, 3.8) is 0 Å². The lowest BCUT2D eigenvalue weighted by molar-refractivity contribution is -0.384. The summed E-state index contributed by atoms with van der Waals surface area (Å²) in [6.45, 7) is 0.582. The van der Waals surface area contributed by atoms with Crippen LogP contribution >= 0.6 is 11.3 Å². The lowest BCUT2D eigenvalue weighted by Gasteiger charge is -2.09. The molecule has 2 heterocycles. The van der Waals surface area contributed by atoms with E-state index >= 15 is 0 Å².